The van der Waals surface area contributed by atoms with Gasteiger partial charge in [-0.3, -0.25) is 0 Å². The number of rotatable bonds is 4. The van der Waals surface area contributed by atoms with Crippen molar-refractivity contribution in [3.8, 4) is 0 Å². The van der Waals surface area contributed by atoms with Crippen molar-refractivity contribution in [2.75, 3.05) is 0 Å². The first-order valence-electron chi connectivity index (χ1n) is 5.55. The zero-order valence-corrected chi connectivity index (χ0v) is 11.2. The molecule has 1 nitrogen and oxygen atoms in total. The summed E-state index contributed by atoms with van der Waals surface area (Å²) in [6, 6.07) is 12.0. The molecule has 0 saturated carbocycles. The van der Waals surface area contributed by atoms with Crippen molar-refractivity contribution in [1.29, 1.82) is 0 Å². The van der Waals surface area contributed by atoms with Crippen LogP contribution in [0.2, 0.25) is 0 Å². The Kier molecular flexibility index (Phi) is 4.44. The third kappa shape index (κ3) is 3.15. The number of hydrogen-bond acceptors (Lipinski definition) is 1. The van der Waals surface area contributed by atoms with Gasteiger partial charge in [-0.15, -0.1) is 0 Å². The van der Waals surface area contributed by atoms with Crippen LogP contribution < -0.4 is 5.32 Å². The second kappa shape index (κ2) is 6.07. The van der Waals surface area contributed by atoms with E-state index in [0.717, 1.165) is 16.1 Å². The Morgan fingerprint density at radius 3 is 2.33 bits per heavy atom. The summed E-state index contributed by atoms with van der Waals surface area (Å²) >= 11 is 3.43. The minimum absolute atomic E-state index is 0.297. The molecule has 1 N–H and O–H groups in total. The summed E-state index contributed by atoms with van der Waals surface area (Å²) in [4.78, 5) is 0. The van der Waals surface area contributed by atoms with Crippen LogP contribution in [0.1, 0.15) is 11.1 Å². The minimum Gasteiger partial charge on any atom is -0.308 e. The highest BCUT2D eigenvalue weighted by molar-refractivity contribution is 9.10. The van der Waals surface area contributed by atoms with Crippen molar-refractivity contribution in [3.05, 3.63) is 69.7 Å². The Bertz CT molecular complexity index is 543. The Labute approximate surface area is 113 Å². The molecule has 0 fully saturated rings. The molecule has 0 atom stereocenters. The van der Waals surface area contributed by atoms with Crippen molar-refractivity contribution in [2.24, 2.45) is 0 Å². The molecule has 4 heteroatoms. The first-order chi connectivity index (χ1) is 8.68. The van der Waals surface area contributed by atoms with Crippen LogP contribution in [0.5, 0.6) is 0 Å². The van der Waals surface area contributed by atoms with E-state index in [1.807, 2.05) is 24.3 Å². The monoisotopic (exact) mass is 311 g/mol. The fraction of sp³-hybridized carbons (Fsp3) is 0.143. The highest BCUT2D eigenvalue weighted by Crippen LogP contribution is 2.16. The van der Waals surface area contributed by atoms with E-state index in [1.165, 1.54) is 6.07 Å². The molecule has 0 aliphatic rings. The maximum atomic E-state index is 13.4. The van der Waals surface area contributed by atoms with E-state index in [2.05, 4.69) is 21.2 Å². The zero-order valence-electron chi connectivity index (χ0n) is 9.59. The maximum absolute atomic E-state index is 13.4. The van der Waals surface area contributed by atoms with Crippen molar-refractivity contribution < 1.29 is 8.78 Å². The quantitative estimate of drug-likeness (QED) is 0.899. The summed E-state index contributed by atoms with van der Waals surface area (Å²) in [5, 5.41) is 3.09. The molecule has 0 amide bonds. The van der Waals surface area contributed by atoms with Crippen molar-refractivity contribution in [1.82, 2.24) is 5.32 Å². The standard InChI is InChI=1S/C14H12BrF2N/c15-12-6-2-1-4-10(12)8-18-9-11-5-3-7-13(16)14(11)17/h1-7,18H,8-9H2. The van der Waals surface area contributed by atoms with Gasteiger partial charge in [0, 0.05) is 23.1 Å². The van der Waals surface area contributed by atoms with E-state index in [0.29, 0.717) is 18.7 Å². The highest BCUT2D eigenvalue weighted by Gasteiger charge is 2.07. The zero-order chi connectivity index (χ0) is 13.0. The Balaban J connectivity index is 1.97. The number of halogens is 3. The summed E-state index contributed by atoms with van der Waals surface area (Å²) < 4.78 is 27.4. The molecule has 94 valence electrons. The molecular formula is C14H12BrF2N. The Hall–Kier alpha value is -1.26. The second-order valence-electron chi connectivity index (χ2n) is 3.91. The fourth-order valence-electron chi connectivity index (χ4n) is 1.66. The van der Waals surface area contributed by atoms with Crippen LogP contribution in [0.3, 0.4) is 0 Å². The van der Waals surface area contributed by atoms with Crippen LogP contribution in [0, 0.1) is 11.6 Å². The van der Waals surface area contributed by atoms with Gasteiger partial charge in [-0.05, 0) is 17.7 Å². The van der Waals surface area contributed by atoms with Gasteiger partial charge < -0.3 is 5.32 Å². The maximum Gasteiger partial charge on any atom is 0.163 e. The highest BCUT2D eigenvalue weighted by atomic mass is 79.9. The van der Waals surface area contributed by atoms with Crippen molar-refractivity contribution >= 4 is 15.9 Å². The van der Waals surface area contributed by atoms with Gasteiger partial charge >= 0.3 is 0 Å². The first-order valence-corrected chi connectivity index (χ1v) is 6.35. The topological polar surface area (TPSA) is 12.0 Å². The predicted octanol–water partition coefficient (Wildman–Crippen LogP) is 4.02. The first kappa shape index (κ1) is 13.2. The number of nitrogens with one attached hydrogen (secondary N) is 1. The third-order valence-corrected chi connectivity index (χ3v) is 3.39. The molecule has 2 aromatic carbocycles. The lowest BCUT2D eigenvalue weighted by Crippen LogP contribution is -2.14. The third-order valence-electron chi connectivity index (χ3n) is 2.62. The normalized spacial score (nSPS) is 10.6. The van der Waals surface area contributed by atoms with Crippen LogP contribution in [-0.4, -0.2) is 0 Å². The summed E-state index contributed by atoms with van der Waals surface area (Å²) in [5.41, 5.74) is 1.41. The van der Waals surface area contributed by atoms with Crippen molar-refractivity contribution in [2.45, 2.75) is 13.1 Å². The van der Waals surface area contributed by atoms with E-state index in [-0.39, 0.29) is 0 Å². The average Bonchev–Trinajstić information content (AvgIpc) is 2.37. The van der Waals surface area contributed by atoms with Gasteiger partial charge in [0.2, 0.25) is 0 Å². The van der Waals surface area contributed by atoms with Gasteiger partial charge in [0.05, 0.1) is 0 Å². The van der Waals surface area contributed by atoms with E-state index in [1.54, 1.807) is 6.07 Å². The molecule has 0 unspecified atom stereocenters. The molecule has 0 aromatic heterocycles. The molecule has 0 saturated heterocycles. The van der Waals surface area contributed by atoms with E-state index in [4.69, 9.17) is 0 Å². The van der Waals surface area contributed by atoms with Gasteiger partial charge in [-0.1, -0.05) is 46.3 Å². The number of benzene rings is 2. The lowest BCUT2D eigenvalue weighted by molar-refractivity contribution is 0.492. The smallest absolute Gasteiger partial charge is 0.163 e. The van der Waals surface area contributed by atoms with E-state index >= 15 is 0 Å². The van der Waals surface area contributed by atoms with Gasteiger partial charge in [0.15, 0.2) is 11.6 Å². The van der Waals surface area contributed by atoms with Crippen molar-refractivity contribution in [3.63, 3.8) is 0 Å². The van der Waals surface area contributed by atoms with Crippen LogP contribution in [0.15, 0.2) is 46.9 Å². The number of hydrogen-bond donors (Lipinski definition) is 1. The molecule has 0 radical (unpaired) electrons. The average molecular weight is 312 g/mol. The molecule has 2 rings (SSSR count). The summed E-state index contributed by atoms with van der Waals surface area (Å²) in [5.74, 6) is -1.59. The molecule has 0 aliphatic heterocycles. The van der Waals surface area contributed by atoms with Gasteiger partial charge in [-0.25, -0.2) is 8.78 Å². The summed E-state index contributed by atoms with van der Waals surface area (Å²) in [6.45, 7) is 0.891. The van der Waals surface area contributed by atoms with Crippen LogP contribution in [0.4, 0.5) is 8.78 Å². The van der Waals surface area contributed by atoms with Gasteiger partial charge in [0.25, 0.3) is 0 Å². The molecule has 18 heavy (non-hydrogen) atoms. The molecule has 0 aliphatic carbocycles. The largest absolute Gasteiger partial charge is 0.308 e. The molecule has 0 bridgehead atoms. The lowest BCUT2D eigenvalue weighted by Gasteiger charge is -2.08. The second-order valence-corrected chi connectivity index (χ2v) is 4.76. The van der Waals surface area contributed by atoms with E-state index < -0.39 is 11.6 Å². The predicted molar refractivity (Wildman–Crippen MR) is 71.0 cm³/mol. The SMILES string of the molecule is Fc1cccc(CNCc2ccccc2Br)c1F. The molecular weight excluding hydrogens is 300 g/mol. The van der Waals surface area contributed by atoms with E-state index in [9.17, 15) is 8.78 Å². The summed E-state index contributed by atoms with van der Waals surface area (Å²) in [6.07, 6.45) is 0. The minimum atomic E-state index is -0.810. The summed E-state index contributed by atoms with van der Waals surface area (Å²) in [7, 11) is 0. The fourth-order valence-corrected chi connectivity index (χ4v) is 2.08. The van der Waals surface area contributed by atoms with Crippen LogP contribution >= 0.6 is 15.9 Å². The van der Waals surface area contributed by atoms with Crippen LogP contribution in [0.25, 0.3) is 0 Å². The molecule has 2 aromatic rings. The van der Waals surface area contributed by atoms with Gasteiger partial charge in [0.1, 0.15) is 0 Å². The van der Waals surface area contributed by atoms with Crippen LogP contribution in [-0.2, 0) is 13.1 Å². The lowest BCUT2D eigenvalue weighted by atomic mass is 10.2. The Morgan fingerprint density at radius 1 is 0.889 bits per heavy atom. The Morgan fingerprint density at radius 2 is 1.56 bits per heavy atom. The molecule has 0 spiro atoms. The molecule has 0 heterocycles. The van der Waals surface area contributed by atoms with Gasteiger partial charge in [-0.2, -0.15) is 0 Å².